The first-order valence-electron chi connectivity index (χ1n) is 4.87. The van der Waals surface area contributed by atoms with Crippen LogP contribution in [0.25, 0.3) is 0 Å². The van der Waals surface area contributed by atoms with Gasteiger partial charge in [0.15, 0.2) is 0 Å². The van der Waals surface area contributed by atoms with Gasteiger partial charge in [0.1, 0.15) is 5.76 Å². The predicted octanol–water partition coefficient (Wildman–Crippen LogP) is 3.34. The van der Waals surface area contributed by atoms with E-state index in [1.807, 2.05) is 30.3 Å². The van der Waals surface area contributed by atoms with E-state index in [-0.39, 0.29) is 11.9 Å². The van der Waals surface area contributed by atoms with Crippen LogP contribution in [0.4, 0.5) is 0 Å². The zero-order valence-electron chi connectivity index (χ0n) is 8.15. The number of benzene rings is 1. The van der Waals surface area contributed by atoms with Crippen LogP contribution in [0.5, 0.6) is 0 Å². The fraction of sp³-hybridized carbons (Fsp3) is 0.250. The monoisotopic (exact) mass is 266 g/mol. The molecule has 1 atom stereocenters. The molecule has 3 heteroatoms. The first-order valence-corrected chi connectivity index (χ1v) is 5.78. The lowest BCUT2D eigenvalue weighted by Crippen LogP contribution is -2.20. The van der Waals surface area contributed by atoms with Gasteiger partial charge in [0.05, 0.1) is 5.92 Å². The molecule has 0 spiro atoms. The third kappa shape index (κ3) is 2.29. The summed E-state index contributed by atoms with van der Waals surface area (Å²) in [7, 11) is 0. The lowest BCUT2D eigenvalue weighted by Gasteiger charge is -2.22. The lowest BCUT2D eigenvalue weighted by molar-refractivity contribution is -0.143. The van der Waals surface area contributed by atoms with Gasteiger partial charge in [-0.25, -0.2) is 0 Å². The van der Waals surface area contributed by atoms with Crippen molar-refractivity contribution in [1.82, 2.24) is 0 Å². The van der Waals surface area contributed by atoms with Gasteiger partial charge in [-0.15, -0.1) is 0 Å². The van der Waals surface area contributed by atoms with Crippen LogP contribution < -0.4 is 0 Å². The Morgan fingerprint density at radius 1 is 1.33 bits per heavy atom. The molecule has 0 aromatic heterocycles. The van der Waals surface area contributed by atoms with E-state index in [9.17, 15) is 4.79 Å². The van der Waals surface area contributed by atoms with Crippen LogP contribution in [-0.2, 0) is 9.53 Å². The van der Waals surface area contributed by atoms with Gasteiger partial charge in [-0.05, 0) is 12.0 Å². The number of ether oxygens (including phenoxy) is 1. The van der Waals surface area contributed by atoms with Crippen molar-refractivity contribution in [2.75, 3.05) is 0 Å². The molecule has 2 nitrogen and oxygen atoms in total. The summed E-state index contributed by atoms with van der Waals surface area (Å²) in [4.78, 5) is 13.4. The van der Waals surface area contributed by atoms with E-state index in [1.54, 1.807) is 4.99 Å². The number of rotatable bonds is 1. The van der Waals surface area contributed by atoms with Crippen LogP contribution in [0.15, 0.2) is 41.1 Å². The minimum atomic E-state index is -0.154. The van der Waals surface area contributed by atoms with Gasteiger partial charge in [0.2, 0.25) is 0 Å². The fourth-order valence-electron chi connectivity index (χ4n) is 1.72. The van der Waals surface area contributed by atoms with Crippen LogP contribution in [0.1, 0.15) is 24.3 Å². The molecule has 1 aromatic rings. The summed E-state index contributed by atoms with van der Waals surface area (Å²) in [5, 5.41) is 0. The van der Waals surface area contributed by atoms with Gasteiger partial charge in [0.25, 0.3) is 0 Å². The van der Waals surface area contributed by atoms with E-state index in [1.165, 1.54) is 0 Å². The van der Waals surface area contributed by atoms with Gasteiger partial charge in [0, 0.05) is 11.4 Å². The van der Waals surface area contributed by atoms with Crippen molar-refractivity contribution in [2.45, 2.75) is 18.8 Å². The highest BCUT2D eigenvalue weighted by Gasteiger charge is 2.27. The maximum absolute atomic E-state index is 11.7. The second-order valence-corrected chi connectivity index (χ2v) is 3.96. The Morgan fingerprint density at radius 2 is 2.07 bits per heavy atom. The van der Waals surface area contributed by atoms with Crippen LogP contribution >= 0.6 is 15.9 Å². The molecule has 1 aliphatic heterocycles. The first-order chi connectivity index (χ1) is 7.31. The molecule has 1 saturated heterocycles. The zero-order valence-corrected chi connectivity index (χ0v) is 9.74. The molecule has 0 amide bonds. The summed E-state index contributed by atoms with van der Waals surface area (Å²) in [6.07, 6.45) is 1.62. The number of halogens is 1. The summed E-state index contributed by atoms with van der Waals surface area (Å²) in [5.74, 6) is 0.452. The molecule has 1 heterocycles. The summed E-state index contributed by atoms with van der Waals surface area (Å²) >= 11 is 3.18. The molecule has 0 saturated carbocycles. The predicted molar refractivity (Wildman–Crippen MR) is 61.5 cm³/mol. The van der Waals surface area contributed by atoms with Crippen LogP contribution in [0.3, 0.4) is 0 Å². The van der Waals surface area contributed by atoms with Gasteiger partial charge >= 0.3 is 5.97 Å². The molecule has 1 aromatic carbocycles. The maximum atomic E-state index is 11.7. The topological polar surface area (TPSA) is 26.3 Å². The molecule has 0 radical (unpaired) electrons. The summed E-state index contributed by atoms with van der Waals surface area (Å²) in [6, 6.07) is 9.77. The van der Waals surface area contributed by atoms with E-state index in [2.05, 4.69) is 15.9 Å². The minimum Gasteiger partial charge on any atom is -0.430 e. The van der Waals surface area contributed by atoms with Crippen molar-refractivity contribution in [3.05, 3.63) is 46.6 Å². The van der Waals surface area contributed by atoms with Crippen LogP contribution in [0, 0.1) is 0 Å². The van der Waals surface area contributed by atoms with E-state index in [4.69, 9.17) is 4.74 Å². The smallest absolute Gasteiger partial charge is 0.318 e. The van der Waals surface area contributed by atoms with Gasteiger partial charge < -0.3 is 4.74 Å². The molecule has 1 aliphatic rings. The Balaban J connectivity index is 2.17. The maximum Gasteiger partial charge on any atom is 0.318 e. The number of carbonyl (C=O) groups is 1. The highest BCUT2D eigenvalue weighted by atomic mass is 79.9. The summed E-state index contributed by atoms with van der Waals surface area (Å²) in [5.41, 5.74) is 1.04. The van der Waals surface area contributed by atoms with Gasteiger partial charge in [-0.2, -0.15) is 0 Å². The number of cyclic esters (lactones) is 1. The fourth-order valence-corrected chi connectivity index (χ4v) is 2.04. The van der Waals surface area contributed by atoms with Crippen LogP contribution in [0.2, 0.25) is 0 Å². The number of carbonyl (C=O) groups excluding carboxylic acids is 1. The highest BCUT2D eigenvalue weighted by molar-refractivity contribution is 9.11. The second kappa shape index (κ2) is 4.62. The Hall–Kier alpha value is -1.09. The van der Waals surface area contributed by atoms with Crippen molar-refractivity contribution in [3.8, 4) is 0 Å². The standard InChI is InChI=1S/C12H11BrO2/c13-8-10-6-7-11(12(14)15-10)9-4-2-1-3-5-9/h1-5,8,11H,6-7H2. The number of allylic oxidation sites excluding steroid dienone is 1. The normalized spacial score (nSPS) is 23.9. The van der Waals surface area contributed by atoms with E-state index < -0.39 is 0 Å². The van der Waals surface area contributed by atoms with Crippen molar-refractivity contribution in [2.24, 2.45) is 0 Å². The van der Waals surface area contributed by atoms with Crippen molar-refractivity contribution >= 4 is 21.9 Å². The average molecular weight is 267 g/mol. The Kier molecular flexibility index (Phi) is 3.21. The molecule has 78 valence electrons. The zero-order chi connectivity index (χ0) is 10.7. The summed E-state index contributed by atoms with van der Waals surface area (Å²) in [6.45, 7) is 0. The molecular formula is C12H11BrO2. The van der Waals surface area contributed by atoms with Gasteiger partial charge in [-0.3, -0.25) is 4.79 Å². The lowest BCUT2D eigenvalue weighted by atomic mass is 9.92. The third-order valence-corrected chi connectivity index (χ3v) is 3.03. The molecule has 0 aliphatic carbocycles. The minimum absolute atomic E-state index is 0.109. The Labute approximate surface area is 97.1 Å². The molecule has 1 fully saturated rings. The van der Waals surface area contributed by atoms with E-state index in [0.717, 1.165) is 18.4 Å². The Morgan fingerprint density at radius 3 is 2.67 bits per heavy atom. The van der Waals surface area contributed by atoms with Crippen molar-refractivity contribution in [1.29, 1.82) is 0 Å². The second-order valence-electron chi connectivity index (χ2n) is 3.50. The highest BCUT2D eigenvalue weighted by Crippen LogP contribution is 2.31. The molecule has 1 unspecified atom stereocenters. The van der Waals surface area contributed by atoms with Crippen molar-refractivity contribution < 1.29 is 9.53 Å². The Bertz CT molecular complexity index is 384. The molecule has 15 heavy (non-hydrogen) atoms. The number of hydrogen-bond donors (Lipinski definition) is 0. The van der Waals surface area contributed by atoms with Crippen LogP contribution in [-0.4, -0.2) is 5.97 Å². The average Bonchev–Trinajstić information content (AvgIpc) is 2.30. The van der Waals surface area contributed by atoms with Crippen molar-refractivity contribution in [3.63, 3.8) is 0 Å². The molecule has 2 rings (SSSR count). The third-order valence-electron chi connectivity index (χ3n) is 2.52. The number of hydrogen-bond acceptors (Lipinski definition) is 2. The van der Waals surface area contributed by atoms with Gasteiger partial charge in [-0.1, -0.05) is 46.3 Å². The van der Waals surface area contributed by atoms with E-state index >= 15 is 0 Å². The largest absolute Gasteiger partial charge is 0.430 e. The summed E-state index contributed by atoms with van der Waals surface area (Å²) < 4.78 is 5.18. The number of esters is 1. The molecule has 0 bridgehead atoms. The van der Waals surface area contributed by atoms with E-state index in [0.29, 0.717) is 5.76 Å². The quantitative estimate of drug-likeness (QED) is 0.729. The first kappa shape index (κ1) is 10.4. The SMILES string of the molecule is O=C1OC(=CBr)CCC1c1ccccc1. The molecule has 0 N–H and O–H groups in total. The molecular weight excluding hydrogens is 256 g/mol.